The number of hydrogen-bond donors (Lipinski definition) is 1. The summed E-state index contributed by atoms with van der Waals surface area (Å²) in [6.07, 6.45) is 21.6. The van der Waals surface area contributed by atoms with Gasteiger partial charge in [0.1, 0.15) is 47.7 Å². The van der Waals surface area contributed by atoms with Crippen molar-refractivity contribution < 1.29 is 68.6 Å². The van der Waals surface area contributed by atoms with Gasteiger partial charge in [-0.15, -0.1) is 0 Å². The summed E-state index contributed by atoms with van der Waals surface area (Å²) in [5.74, 6) is -1.49. The Kier molecular flexibility index (Phi) is 14.0. The molecule has 4 unspecified atom stereocenters. The maximum absolute atomic E-state index is 14.8. The van der Waals surface area contributed by atoms with Crippen molar-refractivity contribution in [3.63, 3.8) is 0 Å². The van der Waals surface area contributed by atoms with Gasteiger partial charge in [-0.25, -0.2) is 55.1 Å². The van der Waals surface area contributed by atoms with Crippen LogP contribution in [-0.4, -0.2) is 140 Å². The Morgan fingerprint density at radius 2 is 1.07 bits per heavy atom. The predicted molar refractivity (Wildman–Crippen MR) is 280 cm³/mol. The Bertz CT molecular complexity index is 3740. The van der Waals surface area contributed by atoms with Crippen molar-refractivity contribution in [1.29, 1.82) is 0 Å². The molecule has 80 heavy (non-hydrogen) atoms. The molecule has 13 rings (SSSR count). The highest BCUT2D eigenvalue weighted by Crippen LogP contribution is 2.42. The number of benzene rings is 2. The molecule has 2 aromatic carbocycles. The van der Waals surface area contributed by atoms with Crippen molar-refractivity contribution in [2.24, 2.45) is 0 Å². The van der Waals surface area contributed by atoms with Gasteiger partial charge in [0.15, 0.2) is 31.0 Å². The van der Waals surface area contributed by atoms with Crippen LogP contribution in [0, 0.1) is 11.6 Å². The summed E-state index contributed by atoms with van der Waals surface area (Å²) < 4.78 is 102. The summed E-state index contributed by atoms with van der Waals surface area (Å²) >= 11 is 0. The second kappa shape index (κ2) is 20.7. The summed E-state index contributed by atoms with van der Waals surface area (Å²) in [5, 5.41) is 5.24. The van der Waals surface area contributed by atoms with Crippen molar-refractivity contribution >= 4 is 65.8 Å². The lowest BCUT2D eigenvalue weighted by atomic mass is 9.99. The van der Waals surface area contributed by atoms with Gasteiger partial charge in [0.25, 0.3) is 11.8 Å². The van der Waals surface area contributed by atoms with Gasteiger partial charge in [-0.1, -0.05) is 29.4 Å². The number of hydroxylamine groups is 2. The molecule has 7 aliphatic rings. The summed E-state index contributed by atoms with van der Waals surface area (Å²) in [4.78, 5) is 69.4. The van der Waals surface area contributed by atoms with Gasteiger partial charge >= 0.3 is 12.2 Å². The molecule has 6 aromatic rings. The number of hydrogen-bond acceptors (Lipinski definition) is 18. The van der Waals surface area contributed by atoms with E-state index >= 15 is 0 Å². The summed E-state index contributed by atoms with van der Waals surface area (Å²) in [6.45, 7) is 3.72. The molecule has 9 heterocycles. The van der Waals surface area contributed by atoms with E-state index in [1.54, 1.807) is 40.9 Å². The third kappa shape index (κ3) is 11.5. The lowest BCUT2D eigenvalue weighted by Gasteiger charge is -2.38. The van der Waals surface area contributed by atoms with E-state index in [0.717, 1.165) is 63.2 Å². The highest BCUT2D eigenvalue weighted by Gasteiger charge is 2.48. The highest BCUT2D eigenvalue weighted by atomic mass is 32.2. The maximum atomic E-state index is 14.8. The van der Waals surface area contributed by atoms with Crippen LogP contribution in [0.1, 0.15) is 78.1 Å². The average Bonchev–Trinajstić information content (AvgIpc) is 3.96. The number of nitrogens with zero attached hydrogens (tertiary/aromatic N) is 8. The van der Waals surface area contributed by atoms with Gasteiger partial charge < -0.3 is 24.3 Å². The Hall–Kier alpha value is -7.84. The van der Waals surface area contributed by atoms with Crippen molar-refractivity contribution in [1.82, 2.24) is 44.4 Å². The largest absolute Gasteiger partial charge is 0.534 e. The molecule has 2 saturated carbocycles. The van der Waals surface area contributed by atoms with Crippen molar-refractivity contribution in [2.75, 3.05) is 12.5 Å². The molecule has 1 N–H and O–H groups in total. The molecule has 5 fully saturated rings. The van der Waals surface area contributed by atoms with Gasteiger partial charge in [0.05, 0.1) is 44.0 Å². The number of carbonyl (C=O) groups is 4. The first-order valence-electron chi connectivity index (χ1n) is 25.9. The van der Waals surface area contributed by atoms with Crippen LogP contribution in [0.15, 0.2) is 108 Å². The Balaban J connectivity index is 0.000000137. The quantitative estimate of drug-likeness (QED) is 0.0780. The van der Waals surface area contributed by atoms with E-state index in [1.807, 2.05) is 19.1 Å². The smallest absolute Gasteiger partial charge is 0.474 e. The number of piperidine rings is 2. The first-order chi connectivity index (χ1) is 38.0. The van der Waals surface area contributed by atoms with Gasteiger partial charge in [0.2, 0.25) is 11.8 Å². The summed E-state index contributed by atoms with van der Waals surface area (Å²) in [5.41, 5.74) is 0.514. The first kappa shape index (κ1) is 54.1. The van der Waals surface area contributed by atoms with Crippen LogP contribution in [0.5, 0.6) is 11.8 Å². The molecule has 4 aromatic heterocycles. The number of carbonyl (C=O) groups excluding carboxylic acids is 4. The number of amides is 3. The standard InChI is InChI=1S/C25H25FN4O5S.C20H19FN4O3S.C9H11NO5/c1-25(8-9-25)35-24(31)30-15-3-4-16(30)12-17(11-15)34-23-19-7-10-29(22(19)27-14-28-23)21-6-5-18(13-20(21)26)36(2,32)33;1-29(26,27)15-4-5-18(17(21)10-15)25-7-6-16-19(25)22-11-23-20(16)28-14-8-12-2-3-13(9-14)24-12;1-9(4-5-9)14-8(13)15-10-6(11)2-3-7(10)12/h3-7,10,13-17H,8-9,11-12H2,1-2H3;2-7,10-14,24H,8-9H2,1H3;2-5H2,1H3. The molecule has 2 aliphatic carbocycles. The fourth-order valence-corrected chi connectivity index (χ4v) is 11.4. The zero-order valence-corrected chi connectivity index (χ0v) is 45.4. The van der Waals surface area contributed by atoms with Crippen LogP contribution in [0.25, 0.3) is 33.4 Å². The number of nitrogens with one attached hydrogen (secondary N) is 1. The molecule has 0 radical (unpaired) electrons. The van der Waals surface area contributed by atoms with E-state index in [2.05, 4.69) is 42.2 Å². The highest BCUT2D eigenvalue weighted by molar-refractivity contribution is 7.91. The average molecular weight is 1140 g/mol. The molecular weight excluding hydrogens is 1080 g/mol. The van der Waals surface area contributed by atoms with Gasteiger partial charge in [0, 0.05) is 75.5 Å². The van der Waals surface area contributed by atoms with E-state index in [9.17, 15) is 44.8 Å². The fraction of sp³-hybridized carbons (Fsp3) is 0.407. The monoisotopic (exact) mass is 1140 g/mol. The van der Waals surface area contributed by atoms with E-state index in [0.29, 0.717) is 63.8 Å². The van der Waals surface area contributed by atoms with Crippen molar-refractivity contribution in [3.8, 4) is 23.1 Å². The SMILES string of the molecule is CC1(OC(=O)N2C3C=CC2CC(Oc2ncnc4c2ccn4-c2ccc(S(C)(=O)=O)cc2F)C3)CC1.CC1(OC(=O)ON2C(=O)CCC2=O)CC1.CS(=O)(=O)c1ccc(-n2ccc3c(OC4CC5C=CC(C4)N5)ncnc32)c(F)c1. The number of halogens is 2. The Morgan fingerprint density at radius 1 is 0.625 bits per heavy atom. The van der Waals surface area contributed by atoms with Crippen LogP contribution in [0.3, 0.4) is 0 Å². The molecule has 3 amide bonds. The number of imide groups is 1. The van der Waals surface area contributed by atoms with Gasteiger partial charge in [-0.05, 0) is 88.1 Å². The van der Waals surface area contributed by atoms with Gasteiger partial charge in [-0.2, -0.15) is 0 Å². The molecule has 4 atom stereocenters. The molecule has 3 saturated heterocycles. The van der Waals surface area contributed by atoms with E-state index in [4.69, 9.17) is 18.9 Å². The first-order valence-corrected chi connectivity index (χ1v) is 29.7. The second-order valence-electron chi connectivity index (χ2n) is 21.4. The number of sulfone groups is 2. The Labute approximate surface area is 457 Å². The van der Waals surface area contributed by atoms with Gasteiger partial charge in [-0.3, -0.25) is 28.5 Å². The summed E-state index contributed by atoms with van der Waals surface area (Å²) in [6, 6.07) is 11.6. The number of aromatic nitrogens is 6. The topological polar surface area (TPSA) is 263 Å². The van der Waals surface area contributed by atoms with Crippen LogP contribution in [0.4, 0.5) is 18.4 Å². The second-order valence-corrected chi connectivity index (χ2v) is 25.4. The molecule has 420 valence electrons. The predicted octanol–water partition coefficient (Wildman–Crippen LogP) is 6.96. The van der Waals surface area contributed by atoms with Crippen LogP contribution >= 0.6 is 0 Å². The maximum Gasteiger partial charge on any atom is 0.534 e. The van der Waals surface area contributed by atoms with Crippen molar-refractivity contribution in [3.05, 3.63) is 110 Å². The number of fused-ring (bicyclic) bond motifs is 6. The zero-order valence-electron chi connectivity index (χ0n) is 43.7. The number of rotatable bonds is 11. The van der Waals surface area contributed by atoms with Crippen LogP contribution < -0.4 is 14.8 Å². The molecule has 26 heteroatoms. The molecule has 5 aliphatic heterocycles. The minimum Gasteiger partial charge on any atom is -0.474 e. The van der Waals surface area contributed by atoms with E-state index in [1.165, 1.54) is 41.5 Å². The van der Waals surface area contributed by atoms with E-state index in [-0.39, 0.29) is 70.0 Å². The Morgan fingerprint density at radius 3 is 1.51 bits per heavy atom. The van der Waals surface area contributed by atoms with Crippen molar-refractivity contribution in [2.45, 2.75) is 135 Å². The minimum atomic E-state index is -3.53. The van der Waals surface area contributed by atoms with E-state index < -0.39 is 54.9 Å². The van der Waals surface area contributed by atoms with Crippen LogP contribution in [0.2, 0.25) is 0 Å². The summed E-state index contributed by atoms with van der Waals surface area (Å²) in [7, 11) is -7.01. The molecule has 4 bridgehead atoms. The third-order valence-electron chi connectivity index (χ3n) is 14.9. The normalized spacial score (nSPS) is 23.7. The lowest BCUT2D eigenvalue weighted by molar-refractivity contribution is -0.179. The number of ether oxygens (including phenoxy) is 4. The molecule has 22 nitrogen and oxygen atoms in total. The zero-order chi connectivity index (χ0) is 56.5. The fourth-order valence-electron chi connectivity index (χ4n) is 10.1. The third-order valence-corrected chi connectivity index (χ3v) is 17.2. The minimum absolute atomic E-state index is 0.0356. The molecular formula is C54H55F2N9O13S2. The lowest BCUT2D eigenvalue weighted by Crippen LogP contribution is -2.50. The molecule has 0 spiro atoms. The van der Waals surface area contributed by atoms with Crippen LogP contribution in [-0.2, 0) is 43.6 Å².